The molecule has 1 aromatic carbocycles. The average molecular weight is 353 g/mol. The molecule has 6 nitrogen and oxygen atoms in total. The summed E-state index contributed by atoms with van der Waals surface area (Å²) >= 11 is 0. The molecule has 0 N–H and O–H groups in total. The lowest BCUT2D eigenvalue weighted by Crippen LogP contribution is -2.40. The minimum atomic E-state index is -0.639. The number of hydrogen-bond donors (Lipinski definition) is 0. The first-order chi connectivity index (χ1) is 12.6. The van der Waals surface area contributed by atoms with Gasteiger partial charge in [0.2, 0.25) is 11.8 Å². The fourth-order valence-electron chi connectivity index (χ4n) is 5.16. The number of methoxy groups -OCH3 is 1. The standard InChI is InChI=1S/C20H19NO5/c1-25-14-4-2-3-5-15(14)26-16(22)9-21-19(23)17-10-6-7-11(13-8-12(10)13)18(17)20(21)24/h2-7,10-13,17-18H,8-9H2,1H3/t10-,11-,12-,13-,17-,18+/m0/s1. The predicted molar refractivity (Wildman–Crippen MR) is 90.0 cm³/mol. The minimum Gasteiger partial charge on any atom is -0.493 e. The molecule has 5 aliphatic rings. The highest BCUT2D eigenvalue weighted by atomic mass is 16.6. The Labute approximate surface area is 150 Å². The van der Waals surface area contributed by atoms with Gasteiger partial charge in [-0.3, -0.25) is 14.5 Å². The molecule has 6 heteroatoms. The van der Waals surface area contributed by atoms with Gasteiger partial charge in [0.1, 0.15) is 6.54 Å². The van der Waals surface area contributed by atoms with Gasteiger partial charge in [0.15, 0.2) is 11.5 Å². The molecule has 2 bridgehead atoms. The van der Waals surface area contributed by atoms with Gasteiger partial charge in [0.05, 0.1) is 18.9 Å². The van der Waals surface area contributed by atoms with E-state index < -0.39 is 5.97 Å². The fraction of sp³-hybridized carbons (Fsp3) is 0.450. The summed E-state index contributed by atoms with van der Waals surface area (Å²) in [5, 5.41) is 0. The summed E-state index contributed by atoms with van der Waals surface area (Å²) in [6, 6.07) is 6.78. The lowest BCUT2D eigenvalue weighted by molar-refractivity contribution is -0.148. The molecule has 1 aliphatic heterocycles. The van der Waals surface area contributed by atoms with Gasteiger partial charge in [0, 0.05) is 0 Å². The smallest absolute Gasteiger partial charge is 0.331 e. The number of ether oxygens (including phenoxy) is 2. The Morgan fingerprint density at radius 3 is 2.19 bits per heavy atom. The van der Waals surface area contributed by atoms with E-state index in [-0.39, 0.29) is 47.8 Å². The predicted octanol–water partition coefficient (Wildman–Crippen LogP) is 1.65. The number of rotatable bonds is 4. The number of carbonyl (C=O) groups excluding carboxylic acids is 3. The molecule has 3 fully saturated rings. The van der Waals surface area contributed by atoms with E-state index in [4.69, 9.17) is 9.47 Å². The molecular weight excluding hydrogens is 334 g/mol. The van der Waals surface area contributed by atoms with Crippen LogP contribution >= 0.6 is 0 Å². The molecule has 2 amide bonds. The summed E-state index contributed by atoms with van der Waals surface area (Å²) in [5.74, 6) is 0.440. The number of allylic oxidation sites excluding steroid dienone is 2. The number of imide groups is 1. The third kappa shape index (κ3) is 2.08. The van der Waals surface area contributed by atoms with E-state index in [1.807, 2.05) is 0 Å². The molecule has 6 atom stereocenters. The third-order valence-electron chi connectivity index (χ3n) is 6.33. The number of esters is 1. The summed E-state index contributed by atoms with van der Waals surface area (Å²) in [6.45, 7) is -0.350. The Kier molecular flexibility index (Phi) is 3.26. The first kappa shape index (κ1) is 15.6. The molecule has 1 aromatic rings. The van der Waals surface area contributed by atoms with Gasteiger partial charge < -0.3 is 9.47 Å². The van der Waals surface area contributed by atoms with Crippen LogP contribution in [0, 0.1) is 35.5 Å². The largest absolute Gasteiger partial charge is 0.493 e. The lowest BCUT2D eigenvalue weighted by Gasteiger charge is -2.37. The monoisotopic (exact) mass is 353 g/mol. The molecule has 4 aliphatic carbocycles. The molecule has 0 unspecified atom stereocenters. The Hall–Kier alpha value is -2.63. The van der Waals surface area contributed by atoms with Crippen molar-refractivity contribution < 1.29 is 23.9 Å². The second-order valence-corrected chi connectivity index (χ2v) is 7.54. The SMILES string of the molecule is COc1ccccc1OC(=O)CN1C(=O)[C@@H]2[C@H]3C=C[C@@H]([C@@H]4C[C@@H]34)[C@@H]2C1=O. The average Bonchev–Trinajstić information content (AvgIpc) is 3.43. The summed E-state index contributed by atoms with van der Waals surface area (Å²) in [4.78, 5) is 39.2. The molecule has 1 saturated heterocycles. The topological polar surface area (TPSA) is 72.9 Å². The third-order valence-corrected chi connectivity index (χ3v) is 6.33. The van der Waals surface area contributed by atoms with Crippen molar-refractivity contribution in [3.63, 3.8) is 0 Å². The van der Waals surface area contributed by atoms with Crippen LogP contribution in [-0.2, 0) is 14.4 Å². The van der Waals surface area contributed by atoms with Crippen molar-refractivity contribution >= 4 is 17.8 Å². The van der Waals surface area contributed by atoms with E-state index in [2.05, 4.69) is 12.2 Å². The summed E-state index contributed by atoms with van der Waals surface area (Å²) < 4.78 is 10.5. The van der Waals surface area contributed by atoms with Crippen LogP contribution in [0.3, 0.4) is 0 Å². The molecular formula is C20H19NO5. The second kappa shape index (κ2) is 5.43. The van der Waals surface area contributed by atoms with Gasteiger partial charge in [-0.05, 0) is 42.2 Å². The highest BCUT2D eigenvalue weighted by Crippen LogP contribution is 2.65. The lowest BCUT2D eigenvalue weighted by atomic mass is 9.63. The van der Waals surface area contributed by atoms with E-state index in [9.17, 15) is 14.4 Å². The van der Waals surface area contributed by atoms with Crippen LogP contribution in [0.2, 0.25) is 0 Å². The molecule has 26 heavy (non-hydrogen) atoms. The van der Waals surface area contributed by atoms with E-state index >= 15 is 0 Å². The first-order valence-electron chi connectivity index (χ1n) is 8.97. The Bertz CT molecular complexity index is 810. The second-order valence-electron chi connectivity index (χ2n) is 7.54. The van der Waals surface area contributed by atoms with Crippen LogP contribution in [0.15, 0.2) is 36.4 Å². The number of nitrogens with zero attached hydrogens (tertiary/aromatic N) is 1. The molecule has 0 spiro atoms. The Balaban J connectivity index is 1.33. The van der Waals surface area contributed by atoms with Gasteiger partial charge >= 0.3 is 5.97 Å². The van der Waals surface area contributed by atoms with Gasteiger partial charge in [-0.15, -0.1) is 0 Å². The number of amides is 2. The number of carbonyl (C=O) groups is 3. The van der Waals surface area contributed by atoms with Crippen LogP contribution in [0.4, 0.5) is 0 Å². The summed E-state index contributed by atoms with van der Waals surface area (Å²) in [6.07, 6.45) is 5.34. The number of para-hydroxylation sites is 2. The van der Waals surface area contributed by atoms with Crippen LogP contribution < -0.4 is 9.47 Å². The van der Waals surface area contributed by atoms with Crippen molar-refractivity contribution in [3.8, 4) is 11.5 Å². The molecule has 0 aromatic heterocycles. The van der Waals surface area contributed by atoms with E-state index in [0.29, 0.717) is 17.6 Å². The normalized spacial score (nSPS) is 36.0. The first-order valence-corrected chi connectivity index (χ1v) is 8.97. The maximum atomic E-state index is 12.9. The van der Waals surface area contributed by atoms with Gasteiger partial charge in [-0.2, -0.15) is 0 Å². The number of benzene rings is 1. The van der Waals surface area contributed by atoms with Crippen LogP contribution in [0.25, 0.3) is 0 Å². The van der Waals surface area contributed by atoms with Gasteiger partial charge in [0.25, 0.3) is 0 Å². The fourth-order valence-corrected chi connectivity index (χ4v) is 5.16. The Morgan fingerprint density at radius 2 is 1.62 bits per heavy atom. The molecule has 1 heterocycles. The van der Waals surface area contributed by atoms with Crippen molar-refractivity contribution in [2.24, 2.45) is 35.5 Å². The highest BCUT2D eigenvalue weighted by Gasteiger charge is 2.67. The molecule has 2 saturated carbocycles. The molecule has 0 radical (unpaired) electrons. The number of likely N-dealkylation sites (tertiary alicyclic amines) is 1. The Morgan fingerprint density at radius 1 is 1.04 bits per heavy atom. The van der Waals surface area contributed by atoms with E-state index in [0.717, 1.165) is 11.3 Å². The zero-order valence-electron chi connectivity index (χ0n) is 14.3. The highest BCUT2D eigenvalue weighted by molar-refractivity contribution is 6.08. The van der Waals surface area contributed by atoms with Crippen molar-refractivity contribution in [1.82, 2.24) is 4.90 Å². The van der Waals surface area contributed by atoms with Crippen molar-refractivity contribution in [2.45, 2.75) is 6.42 Å². The summed E-state index contributed by atoms with van der Waals surface area (Å²) in [7, 11) is 1.49. The van der Waals surface area contributed by atoms with Crippen LogP contribution in [-0.4, -0.2) is 36.3 Å². The minimum absolute atomic E-state index is 0.154. The summed E-state index contributed by atoms with van der Waals surface area (Å²) in [5.41, 5.74) is 0. The molecule has 134 valence electrons. The van der Waals surface area contributed by atoms with Crippen molar-refractivity contribution in [3.05, 3.63) is 36.4 Å². The maximum Gasteiger partial charge on any atom is 0.331 e. The van der Waals surface area contributed by atoms with E-state index in [1.54, 1.807) is 24.3 Å². The van der Waals surface area contributed by atoms with Crippen LogP contribution in [0.1, 0.15) is 6.42 Å². The van der Waals surface area contributed by atoms with Crippen molar-refractivity contribution in [2.75, 3.05) is 13.7 Å². The van der Waals surface area contributed by atoms with Gasteiger partial charge in [-0.1, -0.05) is 24.3 Å². The quantitative estimate of drug-likeness (QED) is 0.356. The van der Waals surface area contributed by atoms with E-state index in [1.165, 1.54) is 7.11 Å². The zero-order chi connectivity index (χ0) is 18.0. The number of hydrogen-bond acceptors (Lipinski definition) is 5. The zero-order valence-corrected chi connectivity index (χ0v) is 14.3. The maximum absolute atomic E-state index is 12.9. The van der Waals surface area contributed by atoms with Gasteiger partial charge in [-0.25, -0.2) is 4.79 Å². The molecule has 6 rings (SSSR count). The van der Waals surface area contributed by atoms with Crippen molar-refractivity contribution in [1.29, 1.82) is 0 Å². The van der Waals surface area contributed by atoms with Crippen LogP contribution in [0.5, 0.6) is 11.5 Å².